The van der Waals surface area contributed by atoms with Crippen LogP contribution in [-0.2, 0) is 4.74 Å². The van der Waals surface area contributed by atoms with E-state index in [1.54, 1.807) is 6.92 Å². The summed E-state index contributed by atoms with van der Waals surface area (Å²) >= 11 is 0. The van der Waals surface area contributed by atoms with E-state index in [2.05, 4.69) is 19.6 Å². The molecule has 0 radical (unpaired) electrons. The molecule has 1 aliphatic carbocycles. The maximum atomic E-state index is 14.5. The zero-order valence-corrected chi connectivity index (χ0v) is 17.1. The summed E-state index contributed by atoms with van der Waals surface area (Å²) in [5.41, 5.74) is 5.43. The molecular formula is C21H24F3N5O2. The molecule has 2 bridgehead atoms. The highest BCUT2D eigenvalue weighted by molar-refractivity contribution is 5.67. The first-order chi connectivity index (χ1) is 14.8. The summed E-state index contributed by atoms with van der Waals surface area (Å²) in [6.07, 6.45) is 4.05. The SMILES string of the molecule is CC1(F)CCC(c2nc(-c3cnc(N)c(OC(F)F)c3)cc(N3C[C@@H]4C[C@H]3CO4)n2)C1. The van der Waals surface area contributed by atoms with Crippen molar-refractivity contribution in [3.05, 3.63) is 24.2 Å². The van der Waals surface area contributed by atoms with Crippen molar-refractivity contribution >= 4 is 11.6 Å². The number of nitrogen functional groups attached to an aromatic ring is 1. The Bertz CT molecular complexity index is 989. The van der Waals surface area contributed by atoms with Crippen molar-refractivity contribution in [1.29, 1.82) is 0 Å². The zero-order valence-electron chi connectivity index (χ0n) is 17.1. The van der Waals surface area contributed by atoms with Gasteiger partial charge in [-0.25, -0.2) is 19.3 Å². The molecule has 10 heteroatoms. The maximum absolute atomic E-state index is 14.5. The summed E-state index contributed by atoms with van der Waals surface area (Å²) < 4.78 is 50.2. The van der Waals surface area contributed by atoms with Crippen LogP contribution in [0.25, 0.3) is 11.3 Å². The minimum Gasteiger partial charge on any atom is -0.431 e. The zero-order chi connectivity index (χ0) is 21.8. The van der Waals surface area contributed by atoms with E-state index in [1.807, 2.05) is 6.07 Å². The number of aromatic nitrogens is 3. The summed E-state index contributed by atoms with van der Waals surface area (Å²) in [7, 11) is 0. The lowest BCUT2D eigenvalue weighted by atomic mass is 10.0. The summed E-state index contributed by atoms with van der Waals surface area (Å²) in [6.45, 7) is -0.0454. The molecule has 2 aromatic rings. The summed E-state index contributed by atoms with van der Waals surface area (Å²) in [6, 6.07) is 3.45. The molecule has 4 atom stereocenters. The van der Waals surface area contributed by atoms with Gasteiger partial charge in [-0.1, -0.05) is 0 Å². The van der Waals surface area contributed by atoms with Gasteiger partial charge in [0, 0.05) is 30.3 Å². The van der Waals surface area contributed by atoms with Crippen molar-refractivity contribution in [2.24, 2.45) is 0 Å². The maximum Gasteiger partial charge on any atom is 0.387 e. The number of hydrogen-bond acceptors (Lipinski definition) is 7. The fourth-order valence-electron chi connectivity index (χ4n) is 4.81. The van der Waals surface area contributed by atoms with Crippen LogP contribution >= 0.6 is 0 Å². The molecule has 5 rings (SSSR count). The van der Waals surface area contributed by atoms with Crippen molar-refractivity contribution in [3.8, 4) is 17.0 Å². The number of nitrogens with two attached hydrogens (primary N) is 1. The third-order valence-corrected chi connectivity index (χ3v) is 6.37. The average molecular weight is 435 g/mol. The third-order valence-electron chi connectivity index (χ3n) is 6.37. The van der Waals surface area contributed by atoms with Crippen molar-refractivity contribution < 1.29 is 22.6 Å². The van der Waals surface area contributed by atoms with E-state index in [0.717, 1.165) is 18.8 Å². The predicted molar refractivity (Wildman–Crippen MR) is 108 cm³/mol. The second kappa shape index (κ2) is 7.51. The first kappa shape index (κ1) is 20.3. The minimum absolute atomic E-state index is 0.108. The lowest BCUT2D eigenvalue weighted by Gasteiger charge is -2.29. The Kier molecular flexibility index (Phi) is 4.91. The first-order valence-electron chi connectivity index (χ1n) is 10.4. The monoisotopic (exact) mass is 435 g/mol. The molecule has 2 saturated heterocycles. The van der Waals surface area contributed by atoms with Gasteiger partial charge in [0.1, 0.15) is 17.3 Å². The number of rotatable bonds is 5. The van der Waals surface area contributed by atoms with E-state index in [-0.39, 0.29) is 29.6 Å². The van der Waals surface area contributed by atoms with Gasteiger partial charge in [-0.3, -0.25) is 0 Å². The van der Waals surface area contributed by atoms with Gasteiger partial charge in [-0.15, -0.1) is 0 Å². The van der Waals surface area contributed by atoms with Crippen molar-refractivity contribution in [3.63, 3.8) is 0 Å². The Morgan fingerprint density at radius 2 is 2.16 bits per heavy atom. The largest absolute Gasteiger partial charge is 0.431 e. The number of fused-ring (bicyclic) bond motifs is 2. The third kappa shape index (κ3) is 4.00. The molecule has 1 saturated carbocycles. The number of morpholine rings is 1. The average Bonchev–Trinajstić information content (AvgIpc) is 3.44. The first-order valence-corrected chi connectivity index (χ1v) is 10.4. The van der Waals surface area contributed by atoms with E-state index < -0.39 is 12.3 Å². The number of ether oxygens (including phenoxy) is 2. The molecule has 2 aliphatic heterocycles. The van der Waals surface area contributed by atoms with Crippen LogP contribution in [0.15, 0.2) is 18.3 Å². The molecule has 3 fully saturated rings. The number of hydrogen-bond donors (Lipinski definition) is 1. The van der Waals surface area contributed by atoms with Gasteiger partial charge in [0.15, 0.2) is 11.6 Å². The normalized spacial score (nSPS) is 29.8. The smallest absolute Gasteiger partial charge is 0.387 e. The molecule has 0 amide bonds. The topological polar surface area (TPSA) is 86.4 Å². The lowest BCUT2D eigenvalue weighted by molar-refractivity contribution is -0.0494. The number of pyridine rings is 1. The van der Waals surface area contributed by atoms with Gasteiger partial charge < -0.3 is 20.1 Å². The van der Waals surface area contributed by atoms with Crippen LogP contribution in [0, 0.1) is 0 Å². The summed E-state index contributed by atoms with van der Waals surface area (Å²) in [5, 5.41) is 0. The van der Waals surface area contributed by atoms with Crippen LogP contribution in [0.2, 0.25) is 0 Å². The van der Waals surface area contributed by atoms with Gasteiger partial charge in [-0.05, 0) is 38.7 Å². The Labute approximate surface area is 177 Å². The second-order valence-electron chi connectivity index (χ2n) is 8.81. The minimum atomic E-state index is -3.02. The van der Waals surface area contributed by atoms with E-state index >= 15 is 0 Å². The Hall–Kier alpha value is -2.62. The van der Waals surface area contributed by atoms with Gasteiger partial charge in [0.2, 0.25) is 0 Å². The predicted octanol–water partition coefficient (Wildman–Crippen LogP) is 3.70. The molecule has 0 aromatic carbocycles. The molecular weight excluding hydrogens is 411 g/mol. The second-order valence-corrected chi connectivity index (χ2v) is 8.81. The Balaban J connectivity index is 1.55. The van der Waals surface area contributed by atoms with Crippen molar-refractivity contribution in [2.75, 3.05) is 23.8 Å². The molecule has 4 heterocycles. The van der Waals surface area contributed by atoms with Gasteiger partial charge in [0.25, 0.3) is 0 Å². The molecule has 0 spiro atoms. The number of halogens is 3. The van der Waals surface area contributed by atoms with E-state index in [4.69, 9.17) is 15.5 Å². The fourth-order valence-corrected chi connectivity index (χ4v) is 4.81. The summed E-state index contributed by atoms with van der Waals surface area (Å²) in [5.74, 6) is 0.849. The van der Waals surface area contributed by atoms with Crippen LogP contribution in [0.4, 0.5) is 24.8 Å². The highest BCUT2D eigenvalue weighted by Gasteiger charge is 2.41. The van der Waals surface area contributed by atoms with Crippen LogP contribution in [-0.4, -0.2) is 52.5 Å². The fraction of sp³-hybridized carbons (Fsp3) is 0.571. The molecule has 3 aliphatic rings. The number of alkyl halides is 3. The quantitative estimate of drug-likeness (QED) is 0.766. The molecule has 31 heavy (non-hydrogen) atoms. The standard InChI is InChI=1S/C21H24F3N5O2/c1-21(24)3-2-11(7-21)19-27-15(12-4-16(31-20(22)23)18(25)26-8-12)6-17(28-19)29-9-14-5-13(29)10-30-14/h4,6,8,11,13-14,20H,2-3,5,7,9-10H2,1H3,(H2,25,26)/t11?,13-,14-,21?/m0/s1. The van der Waals surface area contributed by atoms with Crippen LogP contribution in [0.3, 0.4) is 0 Å². The molecule has 2 aromatic heterocycles. The molecule has 166 valence electrons. The van der Waals surface area contributed by atoms with E-state index in [9.17, 15) is 13.2 Å². The summed E-state index contributed by atoms with van der Waals surface area (Å²) in [4.78, 5) is 15.6. The highest BCUT2D eigenvalue weighted by atomic mass is 19.3. The highest BCUT2D eigenvalue weighted by Crippen LogP contribution is 2.43. The lowest BCUT2D eigenvalue weighted by Crippen LogP contribution is -2.37. The molecule has 2 unspecified atom stereocenters. The molecule has 2 N–H and O–H groups in total. The van der Waals surface area contributed by atoms with E-state index in [1.165, 1.54) is 12.3 Å². The van der Waals surface area contributed by atoms with Gasteiger partial charge in [-0.2, -0.15) is 8.78 Å². The van der Waals surface area contributed by atoms with Crippen LogP contribution in [0.5, 0.6) is 5.75 Å². The van der Waals surface area contributed by atoms with Crippen LogP contribution < -0.4 is 15.4 Å². The Morgan fingerprint density at radius 3 is 2.81 bits per heavy atom. The van der Waals surface area contributed by atoms with Crippen molar-refractivity contribution in [2.45, 2.75) is 63.0 Å². The van der Waals surface area contributed by atoms with Crippen molar-refractivity contribution in [1.82, 2.24) is 15.0 Å². The number of anilines is 2. The molecule has 7 nitrogen and oxygen atoms in total. The van der Waals surface area contributed by atoms with Gasteiger partial charge in [0.05, 0.1) is 24.4 Å². The Morgan fingerprint density at radius 1 is 1.32 bits per heavy atom. The van der Waals surface area contributed by atoms with Gasteiger partial charge >= 0.3 is 6.61 Å². The number of nitrogens with zero attached hydrogens (tertiary/aromatic N) is 4. The van der Waals surface area contributed by atoms with E-state index in [0.29, 0.717) is 43.0 Å². The van der Waals surface area contributed by atoms with Crippen LogP contribution in [0.1, 0.15) is 44.3 Å².